The molecule has 0 saturated carbocycles. The first-order chi connectivity index (χ1) is 5.43. The van der Waals surface area contributed by atoms with Gasteiger partial charge in [0.15, 0.2) is 0 Å². The molecule has 0 aromatic carbocycles. The summed E-state index contributed by atoms with van der Waals surface area (Å²) in [4.78, 5) is 30.3. The summed E-state index contributed by atoms with van der Waals surface area (Å²) in [6.07, 6.45) is -1.33. The minimum absolute atomic E-state index is 0. The van der Waals surface area contributed by atoms with E-state index in [4.69, 9.17) is 15.3 Å². The van der Waals surface area contributed by atoms with Crippen LogP contribution in [0.15, 0.2) is 0 Å². The maximum atomic E-state index is 10.2. The summed E-state index contributed by atoms with van der Waals surface area (Å²) in [5, 5.41) is 24.7. The van der Waals surface area contributed by atoms with Crippen LogP contribution in [0.1, 0.15) is 12.8 Å². The van der Waals surface area contributed by atoms with E-state index < -0.39 is 36.7 Å². The van der Waals surface area contributed by atoms with E-state index in [1.54, 1.807) is 0 Å². The fraction of sp³-hybridized carbons (Fsp3) is 0.500. The van der Waals surface area contributed by atoms with Gasteiger partial charge in [0.2, 0.25) is 0 Å². The van der Waals surface area contributed by atoms with Crippen molar-refractivity contribution < 1.29 is 59.3 Å². The molecule has 0 amide bonds. The van der Waals surface area contributed by atoms with Gasteiger partial charge in [-0.3, -0.25) is 14.4 Å². The van der Waals surface area contributed by atoms with E-state index in [9.17, 15) is 14.4 Å². The number of aliphatic carboxylic acids is 3. The van der Waals surface area contributed by atoms with Crippen LogP contribution in [0.25, 0.3) is 0 Å². The molecule has 0 atom stereocenters. The zero-order valence-electron chi connectivity index (χ0n) is 7.06. The monoisotopic (exact) mass is 199 g/mol. The van der Waals surface area contributed by atoms with Crippen LogP contribution in [-0.2, 0) is 14.4 Å². The molecule has 0 radical (unpaired) electrons. The molecule has 0 heterocycles. The Kier molecular flexibility index (Phi) is 7.89. The fourth-order valence-electron chi connectivity index (χ4n) is 0.668. The molecule has 0 rings (SSSR count). The molecule has 13 heavy (non-hydrogen) atoms. The van der Waals surface area contributed by atoms with Gasteiger partial charge < -0.3 is 15.3 Å². The third-order valence-electron chi connectivity index (χ3n) is 1.19. The maximum absolute atomic E-state index is 10.2. The van der Waals surface area contributed by atoms with Crippen LogP contribution in [-0.4, -0.2) is 33.2 Å². The Balaban J connectivity index is 0. The minimum Gasteiger partial charge on any atom is -0.481 e. The molecule has 0 aliphatic carbocycles. The number of carboxylic acid groups (broad SMARTS) is 3. The van der Waals surface area contributed by atoms with Crippen LogP contribution >= 0.6 is 0 Å². The number of rotatable bonds is 5. The second kappa shape index (κ2) is 6.88. The van der Waals surface area contributed by atoms with Crippen molar-refractivity contribution in [2.45, 2.75) is 12.8 Å². The third kappa shape index (κ3) is 7.76. The molecule has 0 spiro atoms. The van der Waals surface area contributed by atoms with E-state index in [-0.39, 0.29) is 29.6 Å². The van der Waals surface area contributed by atoms with Gasteiger partial charge in [-0.2, -0.15) is 0 Å². The molecule has 6 nitrogen and oxygen atoms in total. The smallest absolute Gasteiger partial charge is 0.481 e. The van der Waals surface area contributed by atoms with Crippen molar-refractivity contribution >= 4 is 17.9 Å². The molecule has 0 unspecified atom stereocenters. The van der Waals surface area contributed by atoms with Gasteiger partial charge in [-0.15, -0.1) is 0 Å². The van der Waals surface area contributed by atoms with Gasteiger partial charge in [0.1, 0.15) is 0 Å². The number of hydrogen-bond acceptors (Lipinski definition) is 3. The minimum atomic E-state index is -1.40. The molecule has 68 valence electrons. The van der Waals surface area contributed by atoms with E-state index in [2.05, 4.69) is 0 Å². The van der Waals surface area contributed by atoms with E-state index in [0.29, 0.717) is 0 Å². The van der Waals surface area contributed by atoms with Gasteiger partial charge in [-0.25, -0.2) is 0 Å². The molecule has 7 heteroatoms. The molecule has 0 fully saturated rings. The van der Waals surface area contributed by atoms with Crippen molar-refractivity contribution in [3.05, 3.63) is 0 Å². The molecular formula is C6H8NaO6+. The molecule has 0 aliphatic rings. The summed E-state index contributed by atoms with van der Waals surface area (Å²) in [7, 11) is 0. The van der Waals surface area contributed by atoms with Crippen molar-refractivity contribution in [2.24, 2.45) is 5.92 Å². The zero-order chi connectivity index (χ0) is 9.72. The van der Waals surface area contributed by atoms with Gasteiger partial charge in [0, 0.05) is 0 Å². The summed E-state index contributed by atoms with van der Waals surface area (Å²) in [5.74, 6) is -5.38. The predicted octanol–water partition coefficient (Wildman–Crippen LogP) is -3.36. The fourth-order valence-corrected chi connectivity index (χ4v) is 0.668. The van der Waals surface area contributed by atoms with E-state index in [1.165, 1.54) is 0 Å². The number of carbonyl (C=O) groups is 3. The third-order valence-corrected chi connectivity index (χ3v) is 1.19. The maximum Gasteiger partial charge on any atom is 1.00 e. The van der Waals surface area contributed by atoms with Crippen molar-refractivity contribution in [3.63, 3.8) is 0 Å². The van der Waals surface area contributed by atoms with Gasteiger partial charge in [0.05, 0.1) is 18.8 Å². The second-order valence-electron chi connectivity index (χ2n) is 2.23. The van der Waals surface area contributed by atoms with Crippen molar-refractivity contribution in [3.8, 4) is 0 Å². The SMILES string of the molecule is O=C(O)CC(CC(=O)O)C(=O)O.[Na+]. The van der Waals surface area contributed by atoms with Crippen molar-refractivity contribution in [1.82, 2.24) is 0 Å². The predicted molar refractivity (Wildman–Crippen MR) is 35.6 cm³/mol. The number of hydrogen-bond donors (Lipinski definition) is 3. The normalized spacial score (nSPS) is 9.00. The van der Waals surface area contributed by atoms with E-state index >= 15 is 0 Å². The van der Waals surface area contributed by atoms with Gasteiger partial charge in [-0.05, 0) is 0 Å². The van der Waals surface area contributed by atoms with Crippen molar-refractivity contribution in [1.29, 1.82) is 0 Å². The molecule has 0 aromatic rings. The van der Waals surface area contributed by atoms with Crippen molar-refractivity contribution in [2.75, 3.05) is 0 Å². The average Bonchev–Trinajstić information content (AvgIpc) is 1.83. The summed E-state index contributed by atoms with van der Waals surface area (Å²) in [6, 6.07) is 0. The second-order valence-corrected chi connectivity index (χ2v) is 2.23. The zero-order valence-corrected chi connectivity index (χ0v) is 9.06. The Morgan fingerprint density at radius 1 is 0.923 bits per heavy atom. The average molecular weight is 199 g/mol. The quantitative estimate of drug-likeness (QED) is 0.399. The van der Waals surface area contributed by atoms with Crippen LogP contribution in [0.2, 0.25) is 0 Å². The van der Waals surface area contributed by atoms with Gasteiger partial charge in [-0.1, -0.05) is 0 Å². The standard InChI is InChI=1S/C6H8O6.Na/c7-4(8)1-3(6(11)12)2-5(9)10;/h3H,1-2H2,(H,7,8)(H,9,10)(H,11,12);/q;+1. The van der Waals surface area contributed by atoms with Gasteiger partial charge >= 0.3 is 47.5 Å². The summed E-state index contributed by atoms with van der Waals surface area (Å²) in [5.41, 5.74) is 0. The molecule has 0 aliphatic heterocycles. The summed E-state index contributed by atoms with van der Waals surface area (Å²) >= 11 is 0. The first kappa shape index (κ1) is 14.9. The first-order valence-corrected chi connectivity index (χ1v) is 3.10. The van der Waals surface area contributed by atoms with Gasteiger partial charge in [0.25, 0.3) is 0 Å². The van der Waals surface area contributed by atoms with E-state index in [1.807, 2.05) is 0 Å². The van der Waals surface area contributed by atoms with E-state index in [0.717, 1.165) is 0 Å². The summed E-state index contributed by atoms with van der Waals surface area (Å²) < 4.78 is 0. The first-order valence-electron chi connectivity index (χ1n) is 3.10. The number of carboxylic acids is 3. The topological polar surface area (TPSA) is 112 Å². The van der Waals surface area contributed by atoms with Crippen LogP contribution in [0.3, 0.4) is 0 Å². The summed E-state index contributed by atoms with van der Waals surface area (Å²) in [6.45, 7) is 0. The Morgan fingerprint density at radius 3 is 1.38 bits per heavy atom. The Labute approximate surface area is 95.8 Å². The Hall–Kier alpha value is -0.590. The van der Waals surface area contributed by atoms with Crippen LogP contribution in [0.4, 0.5) is 0 Å². The molecule has 0 saturated heterocycles. The Bertz CT molecular complexity index is 197. The van der Waals surface area contributed by atoms with Crippen LogP contribution < -0.4 is 29.6 Å². The van der Waals surface area contributed by atoms with Crippen LogP contribution in [0, 0.1) is 5.92 Å². The molecule has 0 aromatic heterocycles. The molecule has 0 bridgehead atoms. The largest absolute Gasteiger partial charge is 1.00 e. The Morgan fingerprint density at radius 2 is 1.23 bits per heavy atom. The molecular weight excluding hydrogens is 191 g/mol. The molecule has 3 N–H and O–H groups in total. The van der Waals surface area contributed by atoms with Crippen LogP contribution in [0.5, 0.6) is 0 Å².